The van der Waals surface area contributed by atoms with Gasteiger partial charge in [0.2, 0.25) is 0 Å². The van der Waals surface area contributed by atoms with Crippen LogP contribution in [0.5, 0.6) is 11.5 Å². The van der Waals surface area contributed by atoms with E-state index in [1.54, 1.807) is 7.11 Å². The van der Waals surface area contributed by atoms with Gasteiger partial charge in [-0.25, -0.2) is 0 Å². The van der Waals surface area contributed by atoms with Crippen LogP contribution >= 0.6 is 15.9 Å². The van der Waals surface area contributed by atoms with Gasteiger partial charge in [-0.15, -0.1) is 0 Å². The molecule has 0 aliphatic heterocycles. The minimum absolute atomic E-state index is 0.0601. The van der Waals surface area contributed by atoms with Crippen molar-refractivity contribution in [1.29, 1.82) is 0 Å². The first-order valence-corrected chi connectivity index (χ1v) is 7.41. The Morgan fingerprint density at radius 3 is 2.47 bits per heavy atom. The summed E-state index contributed by atoms with van der Waals surface area (Å²) >= 11 is 3.59. The van der Waals surface area contributed by atoms with E-state index in [-0.39, 0.29) is 5.54 Å². The first-order valence-electron chi connectivity index (χ1n) is 6.62. The molecule has 0 atom stereocenters. The highest BCUT2D eigenvalue weighted by molar-refractivity contribution is 9.10. The zero-order valence-corrected chi connectivity index (χ0v) is 14.1. The molecule has 108 valence electrons. The fourth-order valence-electron chi connectivity index (χ4n) is 1.62. The summed E-state index contributed by atoms with van der Waals surface area (Å²) in [6.45, 7) is 9.96. The van der Waals surface area contributed by atoms with Crippen molar-refractivity contribution < 1.29 is 9.47 Å². The highest BCUT2D eigenvalue weighted by Crippen LogP contribution is 2.36. The van der Waals surface area contributed by atoms with Gasteiger partial charge in [0.05, 0.1) is 13.7 Å². The van der Waals surface area contributed by atoms with Gasteiger partial charge in [-0.05, 0) is 39.3 Å². The van der Waals surface area contributed by atoms with E-state index in [0.29, 0.717) is 6.61 Å². The molecule has 1 aromatic rings. The van der Waals surface area contributed by atoms with E-state index in [2.05, 4.69) is 48.9 Å². The van der Waals surface area contributed by atoms with Crippen LogP contribution in [0.3, 0.4) is 0 Å². The lowest BCUT2D eigenvalue weighted by Crippen LogP contribution is -2.35. The number of ether oxygens (including phenoxy) is 2. The van der Waals surface area contributed by atoms with E-state index >= 15 is 0 Å². The van der Waals surface area contributed by atoms with Gasteiger partial charge in [0.1, 0.15) is 0 Å². The molecule has 4 heteroatoms. The van der Waals surface area contributed by atoms with E-state index in [9.17, 15) is 0 Å². The Labute approximate surface area is 124 Å². The fraction of sp³-hybridized carbons (Fsp3) is 0.600. The molecule has 0 aliphatic carbocycles. The second-order valence-electron chi connectivity index (χ2n) is 5.51. The normalized spacial score (nSPS) is 11.5. The first kappa shape index (κ1) is 16.3. The summed E-state index contributed by atoms with van der Waals surface area (Å²) in [4.78, 5) is 0. The molecule has 19 heavy (non-hydrogen) atoms. The summed E-state index contributed by atoms with van der Waals surface area (Å²) in [5.41, 5.74) is 1.16. The SMILES string of the molecule is CCCOc1c(OC)ccc(Br)c1CNC(C)(C)C. The van der Waals surface area contributed by atoms with Crippen LogP contribution in [0, 0.1) is 0 Å². The lowest BCUT2D eigenvalue weighted by Gasteiger charge is -2.23. The van der Waals surface area contributed by atoms with Crippen molar-refractivity contribution in [2.24, 2.45) is 0 Å². The highest BCUT2D eigenvalue weighted by Gasteiger charge is 2.17. The zero-order chi connectivity index (χ0) is 14.5. The summed E-state index contributed by atoms with van der Waals surface area (Å²) in [7, 11) is 1.67. The van der Waals surface area contributed by atoms with Gasteiger partial charge in [-0.2, -0.15) is 0 Å². The molecule has 0 spiro atoms. The van der Waals surface area contributed by atoms with Crippen molar-refractivity contribution in [2.75, 3.05) is 13.7 Å². The number of rotatable bonds is 6. The number of hydrogen-bond donors (Lipinski definition) is 1. The van der Waals surface area contributed by atoms with Crippen LogP contribution in [0.2, 0.25) is 0 Å². The Morgan fingerprint density at radius 2 is 1.95 bits per heavy atom. The van der Waals surface area contributed by atoms with Crippen LogP contribution in [0.25, 0.3) is 0 Å². The van der Waals surface area contributed by atoms with Crippen LogP contribution in [0.1, 0.15) is 39.7 Å². The minimum Gasteiger partial charge on any atom is -0.493 e. The molecule has 0 aliphatic rings. The van der Waals surface area contributed by atoms with E-state index in [4.69, 9.17) is 9.47 Å². The molecular weight excluding hydrogens is 306 g/mol. The lowest BCUT2D eigenvalue weighted by atomic mass is 10.1. The van der Waals surface area contributed by atoms with Crippen molar-refractivity contribution in [3.8, 4) is 11.5 Å². The summed E-state index contributed by atoms with van der Waals surface area (Å²) in [6, 6.07) is 3.92. The molecule has 1 N–H and O–H groups in total. The van der Waals surface area contributed by atoms with E-state index in [1.807, 2.05) is 12.1 Å². The molecular formula is C15H24BrNO2. The molecule has 0 aromatic heterocycles. The molecule has 0 radical (unpaired) electrons. The topological polar surface area (TPSA) is 30.5 Å². The average molecular weight is 330 g/mol. The van der Waals surface area contributed by atoms with Gasteiger partial charge < -0.3 is 14.8 Å². The van der Waals surface area contributed by atoms with Crippen LogP contribution in [-0.4, -0.2) is 19.3 Å². The fourth-order valence-corrected chi connectivity index (χ4v) is 2.08. The molecule has 0 bridgehead atoms. The molecule has 1 aromatic carbocycles. The van der Waals surface area contributed by atoms with Gasteiger partial charge in [-0.1, -0.05) is 22.9 Å². The molecule has 0 amide bonds. The molecule has 1 rings (SSSR count). The first-order chi connectivity index (χ1) is 8.89. The Hall–Kier alpha value is -0.740. The maximum Gasteiger partial charge on any atom is 0.166 e. The zero-order valence-electron chi connectivity index (χ0n) is 12.5. The Bertz CT molecular complexity index is 413. The summed E-state index contributed by atoms with van der Waals surface area (Å²) in [5.74, 6) is 1.61. The summed E-state index contributed by atoms with van der Waals surface area (Å²) < 4.78 is 12.3. The van der Waals surface area contributed by atoms with Gasteiger partial charge in [0, 0.05) is 22.1 Å². The standard InChI is InChI=1S/C15H24BrNO2/c1-6-9-19-14-11(10-17-15(2,3)4)12(16)7-8-13(14)18-5/h7-8,17H,6,9-10H2,1-5H3. The number of hydrogen-bond acceptors (Lipinski definition) is 3. The third kappa shape index (κ3) is 5.03. The van der Waals surface area contributed by atoms with Crippen molar-refractivity contribution >= 4 is 15.9 Å². The molecule has 0 saturated carbocycles. The van der Waals surface area contributed by atoms with Gasteiger partial charge in [-0.3, -0.25) is 0 Å². The van der Waals surface area contributed by atoms with Gasteiger partial charge in [0.25, 0.3) is 0 Å². The minimum atomic E-state index is 0.0601. The molecule has 0 saturated heterocycles. The number of halogens is 1. The van der Waals surface area contributed by atoms with Gasteiger partial charge in [0.15, 0.2) is 11.5 Å². The van der Waals surface area contributed by atoms with Crippen LogP contribution < -0.4 is 14.8 Å². The predicted molar refractivity (Wildman–Crippen MR) is 83.1 cm³/mol. The summed E-state index contributed by atoms with van der Waals surface area (Å²) in [6.07, 6.45) is 0.974. The maximum atomic E-state index is 5.86. The van der Waals surface area contributed by atoms with Crippen molar-refractivity contribution in [3.05, 3.63) is 22.2 Å². The smallest absolute Gasteiger partial charge is 0.166 e. The molecule has 0 fully saturated rings. The average Bonchev–Trinajstić information content (AvgIpc) is 2.34. The van der Waals surface area contributed by atoms with E-state index < -0.39 is 0 Å². The Kier molecular flexibility index (Phi) is 6.14. The highest BCUT2D eigenvalue weighted by atomic mass is 79.9. The van der Waals surface area contributed by atoms with Gasteiger partial charge >= 0.3 is 0 Å². The van der Waals surface area contributed by atoms with Crippen molar-refractivity contribution in [3.63, 3.8) is 0 Å². The Balaban J connectivity index is 3.03. The third-order valence-electron chi connectivity index (χ3n) is 2.63. The monoisotopic (exact) mass is 329 g/mol. The van der Waals surface area contributed by atoms with Crippen LogP contribution in [0.15, 0.2) is 16.6 Å². The van der Waals surface area contributed by atoms with Crippen LogP contribution in [-0.2, 0) is 6.54 Å². The van der Waals surface area contributed by atoms with Crippen molar-refractivity contribution in [1.82, 2.24) is 5.32 Å². The predicted octanol–water partition coefficient (Wildman–Crippen LogP) is 4.13. The molecule has 0 unspecified atom stereocenters. The molecule has 0 heterocycles. The third-order valence-corrected chi connectivity index (χ3v) is 3.38. The lowest BCUT2D eigenvalue weighted by molar-refractivity contribution is 0.288. The van der Waals surface area contributed by atoms with E-state index in [0.717, 1.165) is 34.5 Å². The number of nitrogens with one attached hydrogen (secondary N) is 1. The van der Waals surface area contributed by atoms with E-state index in [1.165, 1.54) is 0 Å². The largest absolute Gasteiger partial charge is 0.493 e. The van der Waals surface area contributed by atoms with Crippen LogP contribution in [0.4, 0.5) is 0 Å². The quantitative estimate of drug-likeness (QED) is 0.850. The maximum absolute atomic E-state index is 5.86. The Morgan fingerprint density at radius 1 is 1.26 bits per heavy atom. The van der Waals surface area contributed by atoms with Crippen molar-refractivity contribution in [2.45, 2.75) is 46.2 Å². The second-order valence-corrected chi connectivity index (χ2v) is 6.36. The second kappa shape index (κ2) is 7.15. The molecule has 3 nitrogen and oxygen atoms in total. The number of benzene rings is 1. The summed E-state index contributed by atoms with van der Waals surface area (Å²) in [5, 5.41) is 3.48. The number of methoxy groups -OCH3 is 1.